The van der Waals surface area contributed by atoms with Crippen molar-refractivity contribution in [3.8, 4) is 0 Å². The van der Waals surface area contributed by atoms with Crippen molar-refractivity contribution in [2.75, 3.05) is 6.61 Å². The number of carbonyl (C=O) groups excluding carboxylic acids is 2. The van der Waals surface area contributed by atoms with Crippen LogP contribution < -0.4 is 16.4 Å². The highest BCUT2D eigenvalue weighted by molar-refractivity contribution is 5.94. The minimum absolute atomic E-state index is 0.0351. The molecule has 120 valence electrons. The van der Waals surface area contributed by atoms with E-state index in [0.717, 1.165) is 6.42 Å². The normalized spacial score (nSPS) is 34.8. The fourth-order valence-electron chi connectivity index (χ4n) is 3.64. The van der Waals surface area contributed by atoms with Crippen LogP contribution >= 0.6 is 0 Å². The van der Waals surface area contributed by atoms with E-state index in [-0.39, 0.29) is 29.9 Å². The molecule has 2 rings (SSSR count). The van der Waals surface area contributed by atoms with E-state index in [2.05, 4.69) is 10.6 Å². The van der Waals surface area contributed by atoms with Crippen molar-refractivity contribution < 1.29 is 14.3 Å². The summed E-state index contributed by atoms with van der Waals surface area (Å²) < 4.78 is 5.68. The van der Waals surface area contributed by atoms with Gasteiger partial charge in [-0.1, -0.05) is 13.8 Å². The Balaban J connectivity index is 2.05. The number of carbonyl (C=O) groups is 2. The van der Waals surface area contributed by atoms with Crippen LogP contribution in [0.15, 0.2) is 0 Å². The first-order valence-corrected chi connectivity index (χ1v) is 7.64. The Hall–Kier alpha value is -1.14. The summed E-state index contributed by atoms with van der Waals surface area (Å²) >= 11 is 0. The Morgan fingerprint density at radius 2 is 1.86 bits per heavy atom. The van der Waals surface area contributed by atoms with Gasteiger partial charge in [-0.15, -0.1) is 0 Å². The fraction of sp³-hybridized carbons (Fsp3) is 0.867. The summed E-state index contributed by atoms with van der Waals surface area (Å²) in [6.45, 7) is 10.00. The number of amides is 2. The van der Waals surface area contributed by atoms with Gasteiger partial charge in [-0.2, -0.15) is 0 Å². The Bertz CT molecular complexity index is 449. The molecule has 0 spiro atoms. The van der Waals surface area contributed by atoms with Crippen molar-refractivity contribution in [2.45, 2.75) is 64.8 Å². The summed E-state index contributed by atoms with van der Waals surface area (Å²) in [4.78, 5) is 24.6. The summed E-state index contributed by atoms with van der Waals surface area (Å²) in [7, 11) is 0. The smallest absolute Gasteiger partial charge is 0.242 e. The van der Waals surface area contributed by atoms with Gasteiger partial charge in [0.25, 0.3) is 0 Å². The average Bonchev–Trinajstić information content (AvgIpc) is 2.84. The van der Waals surface area contributed by atoms with Gasteiger partial charge in [0, 0.05) is 24.0 Å². The second kappa shape index (κ2) is 5.25. The number of nitrogens with one attached hydrogen (secondary N) is 2. The van der Waals surface area contributed by atoms with E-state index in [4.69, 9.17) is 10.5 Å². The largest absolute Gasteiger partial charge is 0.377 e. The number of hydrogen-bond acceptors (Lipinski definition) is 4. The van der Waals surface area contributed by atoms with Crippen LogP contribution in [0.3, 0.4) is 0 Å². The molecule has 1 saturated heterocycles. The van der Waals surface area contributed by atoms with E-state index in [1.165, 1.54) is 0 Å². The van der Waals surface area contributed by atoms with Crippen LogP contribution in [0.25, 0.3) is 0 Å². The molecule has 1 aliphatic carbocycles. The van der Waals surface area contributed by atoms with Crippen molar-refractivity contribution in [1.29, 1.82) is 0 Å². The van der Waals surface area contributed by atoms with E-state index in [9.17, 15) is 9.59 Å². The van der Waals surface area contributed by atoms with Gasteiger partial charge in [-0.25, -0.2) is 0 Å². The highest BCUT2D eigenvalue weighted by atomic mass is 16.5. The topological polar surface area (TPSA) is 93.5 Å². The van der Waals surface area contributed by atoms with Gasteiger partial charge >= 0.3 is 0 Å². The minimum Gasteiger partial charge on any atom is -0.377 e. The van der Waals surface area contributed by atoms with Crippen LogP contribution in [0.4, 0.5) is 0 Å². The van der Waals surface area contributed by atoms with Crippen molar-refractivity contribution in [3.63, 3.8) is 0 Å². The van der Waals surface area contributed by atoms with Crippen LogP contribution in [0.5, 0.6) is 0 Å². The number of hydrogen-bond donors (Lipinski definition) is 3. The Kier molecular flexibility index (Phi) is 4.06. The van der Waals surface area contributed by atoms with E-state index >= 15 is 0 Å². The quantitative estimate of drug-likeness (QED) is 0.689. The van der Waals surface area contributed by atoms with Crippen molar-refractivity contribution in [3.05, 3.63) is 0 Å². The van der Waals surface area contributed by atoms with E-state index in [0.29, 0.717) is 6.61 Å². The van der Waals surface area contributed by atoms with Crippen LogP contribution in [0.2, 0.25) is 0 Å². The fourth-order valence-corrected chi connectivity index (χ4v) is 3.64. The minimum atomic E-state index is -0.972. The van der Waals surface area contributed by atoms with Gasteiger partial charge in [0.2, 0.25) is 11.8 Å². The molecule has 1 saturated carbocycles. The van der Waals surface area contributed by atoms with E-state index in [1.807, 2.05) is 27.7 Å². The first-order valence-electron chi connectivity index (χ1n) is 7.64. The zero-order valence-electron chi connectivity index (χ0n) is 13.5. The number of nitrogens with two attached hydrogens (primary N) is 1. The van der Waals surface area contributed by atoms with E-state index < -0.39 is 17.0 Å². The SMILES string of the molecule is CC(C)NC(=O)C(C)NC(=O)C1(N)C2CCOC2C1(C)C. The monoisotopic (exact) mass is 297 g/mol. The molecule has 0 bridgehead atoms. The molecule has 4 atom stereocenters. The van der Waals surface area contributed by atoms with Gasteiger partial charge < -0.3 is 21.1 Å². The second-order valence-electron chi connectivity index (χ2n) is 7.14. The molecular formula is C15H27N3O3. The highest BCUT2D eigenvalue weighted by Gasteiger charge is 2.71. The molecule has 0 radical (unpaired) electrons. The van der Waals surface area contributed by atoms with Crippen LogP contribution in [0, 0.1) is 11.3 Å². The summed E-state index contributed by atoms with van der Waals surface area (Å²) in [5, 5.41) is 5.55. The predicted octanol–water partition coefficient (Wildman–Crippen LogP) is 0.158. The molecule has 6 nitrogen and oxygen atoms in total. The van der Waals surface area contributed by atoms with Gasteiger partial charge in [-0.05, 0) is 27.2 Å². The molecule has 6 heteroatoms. The maximum atomic E-state index is 12.6. The molecule has 4 N–H and O–H groups in total. The number of rotatable bonds is 4. The lowest BCUT2D eigenvalue weighted by atomic mass is 9.48. The Morgan fingerprint density at radius 1 is 1.24 bits per heavy atom. The summed E-state index contributed by atoms with van der Waals surface area (Å²) in [6, 6.07) is -0.561. The maximum Gasteiger partial charge on any atom is 0.242 e. The standard InChI is InChI=1S/C15H27N3O3/c1-8(2)17-12(19)9(3)18-13(20)15(16)10-6-7-21-11(10)14(15,4)5/h8-11H,6-7,16H2,1-5H3,(H,17,19)(H,18,20). The first kappa shape index (κ1) is 16.2. The van der Waals surface area contributed by atoms with Crippen LogP contribution in [0.1, 0.15) is 41.0 Å². The van der Waals surface area contributed by atoms with Gasteiger partial charge in [-0.3, -0.25) is 9.59 Å². The summed E-state index contributed by atoms with van der Waals surface area (Å²) in [5.41, 5.74) is 5.04. The lowest BCUT2D eigenvalue weighted by molar-refractivity contribution is -0.176. The van der Waals surface area contributed by atoms with Crippen molar-refractivity contribution >= 4 is 11.8 Å². The molecule has 0 aromatic carbocycles. The summed E-state index contributed by atoms with van der Waals surface area (Å²) in [6.07, 6.45) is 0.831. The van der Waals surface area contributed by atoms with Gasteiger partial charge in [0.15, 0.2) is 0 Å². The van der Waals surface area contributed by atoms with Crippen LogP contribution in [-0.4, -0.2) is 42.1 Å². The lowest BCUT2D eigenvalue weighted by Gasteiger charge is -2.60. The molecule has 0 aromatic rings. The molecule has 1 heterocycles. The zero-order chi connectivity index (χ0) is 16.0. The molecule has 2 amide bonds. The Labute approximate surface area is 126 Å². The summed E-state index contributed by atoms with van der Waals surface area (Å²) in [5.74, 6) is -0.420. The van der Waals surface area contributed by atoms with Gasteiger partial charge in [0.05, 0.1) is 6.10 Å². The van der Waals surface area contributed by atoms with Gasteiger partial charge in [0.1, 0.15) is 11.6 Å². The Morgan fingerprint density at radius 3 is 2.43 bits per heavy atom. The second-order valence-corrected chi connectivity index (χ2v) is 7.14. The van der Waals surface area contributed by atoms with Crippen LogP contribution in [-0.2, 0) is 14.3 Å². The molecule has 2 fully saturated rings. The van der Waals surface area contributed by atoms with Crippen molar-refractivity contribution in [1.82, 2.24) is 10.6 Å². The molecule has 0 aromatic heterocycles. The first-order chi connectivity index (χ1) is 9.62. The highest BCUT2D eigenvalue weighted by Crippen LogP contribution is 2.58. The third-order valence-electron chi connectivity index (χ3n) is 5.00. The van der Waals surface area contributed by atoms with Crippen molar-refractivity contribution in [2.24, 2.45) is 17.1 Å². The molecule has 21 heavy (non-hydrogen) atoms. The average molecular weight is 297 g/mol. The molecule has 2 aliphatic rings. The predicted molar refractivity (Wildman–Crippen MR) is 79.4 cm³/mol. The molecule has 1 aliphatic heterocycles. The maximum absolute atomic E-state index is 12.6. The number of fused-ring (bicyclic) bond motifs is 1. The third kappa shape index (κ3) is 2.34. The zero-order valence-corrected chi connectivity index (χ0v) is 13.5. The van der Waals surface area contributed by atoms with E-state index in [1.54, 1.807) is 6.92 Å². The molecule has 4 unspecified atom stereocenters. The molecular weight excluding hydrogens is 270 g/mol. The lowest BCUT2D eigenvalue weighted by Crippen LogP contribution is -2.80. The third-order valence-corrected chi connectivity index (χ3v) is 5.00. The number of ether oxygens (including phenoxy) is 1.